The van der Waals surface area contributed by atoms with Gasteiger partial charge in [-0.1, -0.05) is 31.5 Å². The average molecular weight is 285 g/mol. The van der Waals surface area contributed by atoms with Crippen molar-refractivity contribution >= 4 is 5.82 Å². The molecule has 2 aromatic rings. The number of H-pyrrole nitrogens is 1. The number of nitrogen functional groups attached to an aromatic ring is 1. The van der Waals surface area contributed by atoms with E-state index in [1.807, 2.05) is 31.2 Å². The van der Waals surface area contributed by atoms with Crippen molar-refractivity contribution in [3.8, 4) is 5.75 Å². The van der Waals surface area contributed by atoms with Gasteiger partial charge in [0.1, 0.15) is 17.4 Å². The summed E-state index contributed by atoms with van der Waals surface area (Å²) in [6.45, 7) is 2.52. The Morgan fingerprint density at radius 3 is 3.00 bits per heavy atom. The highest BCUT2D eigenvalue weighted by Crippen LogP contribution is 2.30. The molecule has 21 heavy (non-hydrogen) atoms. The van der Waals surface area contributed by atoms with Gasteiger partial charge in [-0.05, 0) is 24.5 Å². The van der Waals surface area contributed by atoms with Crippen LogP contribution in [0.5, 0.6) is 5.75 Å². The molecule has 5 heteroatoms. The Labute approximate surface area is 123 Å². The lowest BCUT2D eigenvalue weighted by Crippen LogP contribution is -2.26. The van der Waals surface area contributed by atoms with Crippen molar-refractivity contribution in [3.05, 3.63) is 51.6 Å². The molecule has 1 aliphatic rings. The van der Waals surface area contributed by atoms with Gasteiger partial charge in [-0.2, -0.15) is 0 Å². The highest BCUT2D eigenvalue weighted by Gasteiger charge is 2.24. The van der Waals surface area contributed by atoms with Crippen LogP contribution in [0.1, 0.15) is 36.2 Å². The van der Waals surface area contributed by atoms with Crippen molar-refractivity contribution in [2.75, 3.05) is 12.3 Å². The van der Waals surface area contributed by atoms with Gasteiger partial charge in [-0.15, -0.1) is 0 Å². The Bertz CT molecular complexity index is 709. The van der Waals surface area contributed by atoms with E-state index in [0.717, 1.165) is 24.2 Å². The number of benzene rings is 1. The fraction of sp³-hybridized carbons (Fsp3) is 0.375. The third kappa shape index (κ3) is 2.63. The van der Waals surface area contributed by atoms with Crippen LogP contribution >= 0.6 is 0 Å². The Morgan fingerprint density at radius 1 is 1.43 bits per heavy atom. The summed E-state index contributed by atoms with van der Waals surface area (Å²) >= 11 is 0. The summed E-state index contributed by atoms with van der Waals surface area (Å²) < 4.78 is 5.75. The topological polar surface area (TPSA) is 81.0 Å². The van der Waals surface area contributed by atoms with Crippen molar-refractivity contribution in [1.82, 2.24) is 9.97 Å². The largest absolute Gasteiger partial charge is 0.493 e. The molecule has 1 aliphatic heterocycles. The Kier molecular flexibility index (Phi) is 3.64. The number of para-hydroxylation sites is 1. The molecule has 1 aromatic carbocycles. The first-order valence-electron chi connectivity index (χ1n) is 7.28. The van der Waals surface area contributed by atoms with E-state index in [9.17, 15) is 4.79 Å². The lowest BCUT2D eigenvalue weighted by molar-refractivity contribution is 0.257. The van der Waals surface area contributed by atoms with Crippen LogP contribution in [-0.4, -0.2) is 16.6 Å². The van der Waals surface area contributed by atoms with E-state index in [0.29, 0.717) is 30.2 Å². The molecular formula is C16H19N3O2. The van der Waals surface area contributed by atoms with Crippen molar-refractivity contribution in [2.45, 2.75) is 32.1 Å². The van der Waals surface area contributed by atoms with Crippen molar-refractivity contribution in [3.63, 3.8) is 0 Å². The Hall–Kier alpha value is -2.30. The Morgan fingerprint density at radius 2 is 2.24 bits per heavy atom. The van der Waals surface area contributed by atoms with Crippen molar-refractivity contribution < 1.29 is 4.74 Å². The van der Waals surface area contributed by atoms with Gasteiger partial charge >= 0.3 is 0 Å². The first-order valence-corrected chi connectivity index (χ1v) is 7.28. The van der Waals surface area contributed by atoms with Crippen LogP contribution in [0.3, 0.4) is 0 Å². The summed E-state index contributed by atoms with van der Waals surface area (Å²) in [6.07, 6.45) is 2.32. The monoisotopic (exact) mass is 285 g/mol. The maximum absolute atomic E-state index is 12.1. The smallest absolute Gasteiger partial charge is 0.256 e. The van der Waals surface area contributed by atoms with E-state index in [4.69, 9.17) is 10.5 Å². The minimum Gasteiger partial charge on any atom is -0.493 e. The van der Waals surface area contributed by atoms with Crippen LogP contribution in [-0.2, 0) is 12.8 Å². The molecule has 0 aliphatic carbocycles. The standard InChI is InChI=1S/C16H19N3O2/c1-2-5-12-14(17)18-15(19-16(12)20)11-8-10-6-3-4-7-13(10)21-9-11/h3-4,6-7,11H,2,5,8-9H2,1H3,(H3,17,18,19,20). The maximum Gasteiger partial charge on any atom is 0.256 e. The highest BCUT2D eigenvalue weighted by atomic mass is 16.5. The third-order valence-electron chi connectivity index (χ3n) is 3.83. The normalized spacial score (nSPS) is 17.1. The fourth-order valence-electron chi connectivity index (χ4n) is 2.72. The van der Waals surface area contributed by atoms with Crippen LogP contribution in [0.15, 0.2) is 29.1 Å². The number of hydrogen-bond acceptors (Lipinski definition) is 4. The number of fused-ring (bicyclic) bond motifs is 1. The number of ether oxygens (including phenoxy) is 1. The van der Waals surface area contributed by atoms with Crippen molar-refractivity contribution in [2.24, 2.45) is 0 Å². The van der Waals surface area contributed by atoms with E-state index in [1.165, 1.54) is 0 Å². The molecule has 0 amide bonds. The molecule has 0 fully saturated rings. The van der Waals surface area contributed by atoms with Gasteiger partial charge in [0.15, 0.2) is 0 Å². The zero-order chi connectivity index (χ0) is 14.8. The number of hydrogen-bond donors (Lipinski definition) is 2. The predicted molar refractivity (Wildman–Crippen MR) is 81.6 cm³/mol. The summed E-state index contributed by atoms with van der Waals surface area (Å²) in [4.78, 5) is 19.4. The third-order valence-corrected chi connectivity index (χ3v) is 3.83. The molecular weight excluding hydrogens is 266 g/mol. The summed E-state index contributed by atoms with van der Waals surface area (Å²) in [5.74, 6) is 1.90. The fourth-order valence-corrected chi connectivity index (χ4v) is 2.72. The van der Waals surface area contributed by atoms with Gasteiger partial charge in [-0.25, -0.2) is 4.98 Å². The first kappa shape index (κ1) is 13.7. The van der Waals surface area contributed by atoms with Gasteiger partial charge in [-0.3, -0.25) is 4.79 Å². The summed E-state index contributed by atoms with van der Waals surface area (Å²) in [5, 5.41) is 0. The van der Waals surface area contributed by atoms with Gasteiger partial charge in [0, 0.05) is 0 Å². The lowest BCUT2D eigenvalue weighted by Gasteiger charge is -2.24. The number of anilines is 1. The number of nitrogens with one attached hydrogen (secondary N) is 1. The summed E-state index contributed by atoms with van der Waals surface area (Å²) in [7, 11) is 0. The number of aromatic amines is 1. The van der Waals surface area contributed by atoms with Gasteiger partial charge in [0.05, 0.1) is 18.1 Å². The zero-order valence-corrected chi connectivity index (χ0v) is 12.1. The van der Waals surface area contributed by atoms with Crippen LogP contribution in [0.25, 0.3) is 0 Å². The molecule has 0 saturated carbocycles. The predicted octanol–water partition coefficient (Wildman–Crippen LogP) is 2.02. The number of rotatable bonds is 3. The lowest BCUT2D eigenvalue weighted by atomic mass is 9.96. The van der Waals surface area contributed by atoms with Crippen molar-refractivity contribution in [1.29, 1.82) is 0 Å². The summed E-state index contributed by atoms with van der Waals surface area (Å²) in [6, 6.07) is 7.94. The van der Waals surface area contributed by atoms with E-state index in [2.05, 4.69) is 9.97 Å². The van der Waals surface area contributed by atoms with E-state index in [-0.39, 0.29) is 11.5 Å². The highest BCUT2D eigenvalue weighted by molar-refractivity contribution is 5.40. The second-order valence-corrected chi connectivity index (χ2v) is 5.38. The molecule has 110 valence electrons. The van der Waals surface area contributed by atoms with Crippen LogP contribution in [0.2, 0.25) is 0 Å². The molecule has 3 N–H and O–H groups in total. The molecule has 0 bridgehead atoms. The Balaban J connectivity index is 1.91. The van der Waals surface area contributed by atoms with E-state index < -0.39 is 0 Å². The van der Waals surface area contributed by atoms with E-state index >= 15 is 0 Å². The SMILES string of the molecule is CCCc1c(N)nc(C2COc3ccccc3C2)[nH]c1=O. The minimum atomic E-state index is -0.127. The average Bonchev–Trinajstić information content (AvgIpc) is 2.50. The van der Waals surface area contributed by atoms with Crippen LogP contribution in [0.4, 0.5) is 5.82 Å². The zero-order valence-electron chi connectivity index (χ0n) is 12.1. The maximum atomic E-state index is 12.1. The number of aromatic nitrogens is 2. The molecule has 0 spiro atoms. The molecule has 3 rings (SSSR count). The van der Waals surface area contributed by atoms with Gasteiger partial charge < -0.3 is 15.5 Å². The molecule has 5 nitrogen and oxygen atoms in total. The molecule has 0 saturated heterocycles. The van der Waals surface area contributed by atoms with Crippen LogP contribution < -0.4 is 16.0 Å². The van der Waals surface area contributed by atoms with Crippen LogP contribution in [0, 0.1) is 0 Å². The molecule has 1 aromatic heterocycles. The second-order valence-electron chi connectivity index (χ2n) is 5.38. The minimum absolute atomic E-state index is 0.0329. The molecule has 1 unspecified atom stereocenters. The van der Waals surface area contributed by atoms with Gasteiger partial charge in [0.2, 0.25) is 0 Å². The molecule has 1 atom stereocenters. The summed E-state index contributed by atoms with van der Waals surface area (Å²) in [5.41, 5.74) is 7.52. The second kappa shape index (κ2) is 5.60. The quantitative estimate of drug-likeness (QED) is 0.904. The first-order chi connectivity index (χ1) is 10.2. The van der Waals surface area contributed by atoms with Gasteiger partial charge in [0.25, 0.3) is 5.56 Å². The van der Waals surface area contributed by atoms with E-state index in [1.54, 1.807) is 0 Å². The molecule has 0 radical (unpaired) electrons. The number of nitrogens with zero attached hydrogens (tertiary/aromatic N) is 1. The molecule has 2 heterocycles. The number of nitrogens with two attached hydrogens (primary N) is 1.